The van der Waals surface area contributed by atoms with Crippen LogP contribution in [0.2, 0.25) is 0 Å². The number of carbonyl (C=O) groups excluding carboxylic acids is 2. The number of hydrogen-bond donors (Lipinski definition) is 0. The molecule has 2 aromatic rings. The number of benzene rings is 1. The molecular weight excluding hydrogens is 414 g/mol. The zero-order valence-electron chi connectivity index (χ0n) is 15.9. The van der Waals surface area contributed by atoms with Gasteiger partial charge < -0.3 is 18.9 Å². The molecule has 0 amide bonds. The molecule has 162 valence electrons. The molecule has 0 aliphatic carbocycles. The first-order valence-electron chi connectivity index (χ1n) is 8.66. The minimum Gasteiger partial charge on any atom is -0.467 e. The summed E-state index contributed by atoms with van der Waals surface area (Å²) in [5.74, 6) is -3.74. The van der Waals surface area contributed by atoms with Crippen LogP contribution < -0.4 is 9.47 Å². The first kappa shape index (κ1) is 22.9. The molecule has 0 N–H and O–H groups in total. The molecular formula is C19H17F4NO6. The quantitative estimate of drug-likeness (QED) is 0.356. The lowest BCUT2D eigenvalue weighted by atomic mass is 10.2. The van der Waals surface area contributed by atoms with Crippen LogP contribution in [0.3, 0.4) is 0 Å². The molecule has 0 saturated carbocycles. The van der Waals surface area contributed by atoms with Crippen LogP contribution in [0.25, 0.3) is 0 Å². The highest BCUT2D eigenvalue weighted by Gasteiger charge is 2.33. The Morgan fingerprint density at radius 2 is 1.53 bits per heavy atom. The second kappa shape index (κ2) is 9.90. The van der Waals surface area contributed by atoms with Crippen LogP contribution in [0.15, 0.2) is 36.5 Å². The van der Waals surface area contributed by atoms with E-state index in [0.717, 1.165) is 0 Å². The number of aromatic nitrogens is 1. The number of pyridine rings is 1. The first-order chi connectivity index (χ1) is 14.2. The van der Waals surface area contributed by atoms with Gasteiger partial charge in [0.25, 0.3) is 12.0 Å². The Bertz CT molecular complexity index is 868. The molecule has 0 fully saturated rings. The molecule has 1 aromatic carbocycles. The summed E-state index contributed by atoms with van der Waals surface area (Å²) < 4.78 is 71.5. The van der Waals surface area contributed by atoms with Crippen LogP contribution in [-0.2, 0) is 25.2 Å². The van der Waals surface area contributed by atoms with E-state index in [1.165, 1.54) is 24.3 Å². The third-order valence-electron chi connectivity index (χ3n) is 3.43. The fraction of sp³-hybridized carbons (Fsp3) is 0.316. The van der Waals surface area contributed by atoms with E-state index >= 15 is 0 Å². The number of nitrogens with zero attached hydrogens (tertiary/aromatic N) is 1. The van der Waals surface area contributed by atoms with Gasteiger partial charge in [-0.25, -0.2) is 19.0 Å². The monoisotopic (exact) mass is 431 g/mol. The van der Waals surface area contributed by atoms with Crippen molar-refractivity contribution in [2.24, 2.45) is 0 Å². The zero-order valence-corrected chi connectivity index (χ0v) is 15.9. The summed E-state index contributed by atoms with van der Waals surface area (Å²) in [6, 6.07) is 5.41. The number of ether oxygens (including phenoxy) is 4. The van der Waals surface area contributed by atoms with Crippen LogP contribution in [0.4, 0.5) is 17.6 Å². The summed E-state index contributed by atoms with van der Waals surface area (Å²) in [5, 5.41) is 0. The van der Waals surface area contributed by atoms with Crippen molar-refractivity contribution in [3.05, 3.63) is 47.9 Å². The first-order valence-corrected chi connectivity index (χ1v) is 8.66. The molecule has 0 bridgehead atoms. The summed E-state index contributed by atoms with van der Waals surface area (Å²) in [4.78, 5) is 27.1. The van der Waals surface area contributed by atoms with Gasteiger partial charge >= 0.3 is 18.1 Å². The van der Waals surface area contributed by atoms with E-state index in [2.05, 4.69) is 4.98 Å². The van der Waals surface area contributed by atoms with E-state index in [-0.39, 0.29) is 30.8 Å². The average molecular weight is 431 g/mol. The fourth-order valence-corrected chi connectivity index (χ4v) is 2.12. The minimum atomic E-state index is -4.74. The summed E-state index contributed by atoms with van der Waals surface area (Å²) >= 11 is 0. The number of alkyl halides is 3. The predicted molar refractivity (Wildman–Crippen MR) is 93.4 cm³/mol. The van der Waals surface area contributed by atoms with Crippen LogP contribution >= 0.6 is 0 Å². The Labute approximate surface area is 168 Å². The molecule has 0 unspecified atom stereocenters. The van der Waals surface area contributed by atoms with E-state index in [0.29, 0.717) is 6.20 Å². The van der Waals surface area contributed by atoms with Crippen LogP contribution in [-0.4, -0.2) is 36.2 Å². The van der Waals surface area contributed by atoms with Gasteiger partial charge in [0.1, 0.15) is 11.5 Å². The van der Waals surface area contributed by atoms with Gasteiger partial charge in [-0.1, -0.05) is 0 Å². The molecule has 2 rings (SSSR count). The molecule has 0 atom stereocenters. The lowest BCUT2D eigenvalue weighted by Gasteiger charge is -2.16. The van der Waals surface area contributed by atoms with Gasteiger partial charge in [-0.2, -0.15) is 13.2 Å². The Morgan fingerprint density at radius 3 is 2.00 bits per heavy atom. The van der Waals surface area contributed by atoms with Crippen molar-refractivity contribution in [2.45, 2.75) is 26.1 Å². The van der Waals surface area contributed by atoms with Crippen molar-refractivity contribution in [3.8, 4) is 17.4 Å². The van der Waals surface area contributed by atoms with Crippen LogP contribution in [0.1, 0.15) is 19.4 Å². The molecule has 30 heavy (non-hydrogen) atoms. The van der Waals surface area contributed by atoms with Gasteiger partial charge in [0.15, 0.2) is 5.82 Å². The van der Waals surface area contributed by atoms with E-state index in [9.17, 15) is 27.2 Å². The molecule has 0 aliphatic heterocycles. The molecule has 0 spiro atoms. The number of esters is 2. The van der Waals surface area contributed by atoms with Crippen LogP contribution in [0.5, 0.6) is 17.4 Å². The summed E-state index contributed by atoms with van der Waals surface area (Å²) in [6.07, 6.45) is -5.94. The highest BCUT2D eigenvalue weighted by Crippen LogP contribution is 2.32. The lowest BCUT2D eigenvalue weighted by Crippen LogP contribution is -2.38. The second-order valence-corrected chi connectivity index (χ2v) is 5.58. The summed E-state index contributed by atoms with van der Waals surface area (Å²) in [7, 11) is 0. The van der Waals surface area contributed by atoms with Gasteiger partial charge in [-0.05, 0) is 44.2 Å². The number of rotatable bonds is 8. The van der Waals surface area contributed by atoms with Crippen molar-refractivity contribution < 1.29 is 46.1 Å². The number of halogens is 4. The highest BCUT2D eigenvalue weighted by molar-refractivity contribution is 5.98. The Hall–Kier alpha value is -3.37. The summed E-state index contributed by atoms with van der Waals surface area (Å²) in [5.41, 5.74) is -1.25. The Kier molecular flexibility index (Phi) is 7.56. The summed E-state index contributed by atoms with van der Waals surface area (Å²) in [6.45, 7) is 3.16. The van der Waals surface area contributed by atoms with Gasteiger partial charge in [-0.15, -0.1) is 0 Å². The standard InChI is InChI=1S/C19H17F4NO6/c1-3-27-17(25)15(18(26)28-4-2)29-12-5-7-13(8-6-12)30-16-14(20)9-11(10-24-16)19(21,22)23/h5-10,15H,3-4H2,1-2H3. The molecule has 7 nitrogen and oxygen atoms in total. The third-order valence-corrected chi connectivity index (χ3v) is 3.43. The molecule has 1 heterocycles. The van der Waals surface area contributed by atoms with Crippen molar-refractivity contribution >= 4 is 11.9 Å². The minimum absolute atomic E-state index is 0.0244. The zero-order chi connectivity index (χ0) is 22.3. The third kappa shape index (κ3) is 6.06. The maximum absolute atomic E-state index is 13.8. The maximum atomic E-state index is 13.8. The Balaban J connectivity index is 2.12. The molecule has 0 radical (unpaired) electrons. The fourth-order valence-electron chi connectivity index (χ4n) is 2.12. The molecule has 0 aliphatic rings. The SMILES string of the molecule is CCOC(=O)C(Oc1ccc(Oc2ncc(C(F)(F)F)cc2F)cc1)C(=O)OCC. The normalized spacial score (nSPS) is 11.2. The largest absolute Gasteiger partial charge is 0.467 e. The van der Waals surface area contributed by atoms with Gasteiger partial charge in [0.2, 0.25) is 0 Å². The molecule has 11 heteroatoms. The van der Waals surface area contributed by atoms with Gasteiger partial charge in [0, 0.05) is 6.20 Å². The number of carbonyl (C=O) groups is 2. The topological polar surface area (TPSA) is 84.0 Å². The molecule has 0 saturated heterocycles. The van der Waals surface area contributed by atoms with E-state index < -0.39 is 41.5 Å². The smallest absolute Gasteiger partial charge is 0.417 e. The van der Waals surface area contributed by atoms with Crippen molar-refractivity contribution in [2.75, 3.05) is 13.2 Å². The van der Waals surface area contributed by atoms with E-state index in [1.54, 1.807) is 13.8 Å². The highest BCUT2D eigenvalue weighted by atomic mass is 19.4. The van der Waals surface area contributed by atoms with Crippen LogP contribution in [0, 0.1) is 5.82 Å². The average Bonchev–Trinajstić information content (AvgIpc) is 2.68. The van der Waals surface area contributed by atoms with Gasteiger partial charge in [0.05, 0.1) is 18.8 Å². The predicted octanol–water partition coefficient (Wildman–Crippen LogP) is 3.91. The number of hydrogen-bond acceptors (Lipinski definition) is 7. The maximum Gasteiger partial charge on any atom is 0.417 e. The van der Waals surface area contributed by atoms with Crippen molar-refractivity contribution in [1.82, 2.24) is 4.98 Å². The second-order valence-electron chi connectivity index (χ2n) is 5.58. The lowest BCUT2D eigenvalue weighted by molar-refractivity contribution is -0.166. The van der Waals surface area contributed by atoms with Gasteiger partial charge in [-0.3, -0.25) is 0 Å². The van der Waals surface area contributed by atoms with E-state index in [1.807, 2.05) is 0 Å². The Morgan fingerprint density at radius 1 is 1.00 bits per heavy atom. The molecule has 1 aromatic heterocycles. The van der Waals surface area contributed by atoms with Crippen molar-refractivity contribution in [3.63, 3.8) is 0 Å². The van der Waals surface area contributed by atoms with E-state index in [4.69, 9.17) is 18.9 Å². The van der Waals surface area contributed by atoms with Crippen molar-refractivity contribution in [1.29, 1.82) is 0 Å².